The Morgan fingerprint density at radius 1 is 0.875 bits per heavy atom. The normalized spacial score (nSPS) is 10.5. The number of nitrogens with one attached hydrogen (secondary N) is 2. The van der Waals surface area contributed by atoms with Crippen molar-refractivity contribution in [3.63, 3.8) is 0 Å². The first-order chi connectivity index (χ1) is 15.6. The van der Waals surface area contributed by atoms with E-state index in [9.17, 15) is 9.18 Å². The molecule has 0 unspecified atom stereocenters. The molecule has 0 bridgehead atoms. The van der Waals surface area contributed by atoms with Crippen molar-refractivity contribution in [2.24, 2.45) is 0 Å². The van der Waals surface area contributed by atoms with Crippen LogP contribution in [0, 0.1) is 5.82 Å². The first-order valence-corrected chi connectivity index (χ1v) is 9.54. The SMILES string of the molecule is COc1cc2nccc(Oc3ccc(NC(=O)Nc4ccc(F)cc4)nc3)c2cc1OC. The monoisotopic (exact) mass is 434 g/mol. The highest BCUT2D eigenvalue weighted by Crippen LogP contribution is 2.36. The number of amides is 2. The van der Waals surface area contributed by atoms with Crippen LogP contribution in [0.2, 0.25) is 0 Å². The molecule has 2 aromatic heterocycles. The fourth-order valence-corrected chi connectivity index (χ4v) is 2.99. The van der Waals surface area contributed by atoms with E-state index in [-0.39, 0.29) is 5.82 Å². The molecule has 4 rings (SSSR count). The van der Waals surface area contributed by atoms with Crippen molar-refractivity contribution >= 4 is 28.4 Å². The minimum atomic E-state index is -0.501. The third-order valence-corrected chi connectivity index (χ3v) is 4.51. The Bertz CT molecular complexity index is 1250. The van der Waals surface area contributed by atoms with Gasteiger partial charge < -0.3 is 19.5 Å². The molecule has 0 spiro atoms. The molecule has 0 aliphatic heterocycles. The number of methoxy groups -OCH3 is 2. The Morgan fingerprint density at radius 3 is 2.31 bits per heavy atom. The van der Waals surface area contributed by atoms with Crippen molar-refractivity contribution in [3.8, 4) is 23.0 Å². The predicted octanol–water partition coefficient (Wildman–Crippen LogP) is 5.22. The van der Waals surface area contributed by atoms with Gasteiger partial charge in [-0.15, -0.1) is 0 Å². The van der Waals surface area contributed by atoms with E-state index in [2.05, 4.69) is 20.6 Å². The molecule has 162 valence electrons. The van der Waals surface area contributed by atoms with Crippen molar-refractivity contribution in [2.45, 2.75) is 0 Å². The molecule has 0 saturated carbocycles. The van der Waals surface area contributed by atoms with Gasteiger partial charge in [0.1, 0.15) is 23.1 Å². The zero-order chi connectivity index (χ0) is 22.5. The maximum absolute atomic E-state index is 13.0. The molecule has 2 aromatic carbocycles. The van der Waals surface area contributed by atoms with Gasteiger partial charge in [-0.05, 0) is 48.5 Å². The molecule has 32 heavy (non-hydrogen) atoms. The molecule has 4 aromatic rings. The molecule has 0 radical (unpaired) electrons. The second kappa shape index (κ2) is 9.17. The fourth-order valence-electron chi connectivity index (χ4n) is 2.99. The van der Waals surface area contributed by atoms with Gasteiger partial charge in [0.15, 0.2) is 11.5 Å². The molecule has 8 nitrogen and oxygen atoms in total. The molecule has 9 heteroatoms. The van der Waals surface area contributed by atoms with Crippen LogP contribution in [0.3, 0.4) is 0 Å². The van der Waals surface area contributed by atoms with Gasteiger partial charge in [0.2, 0.25) is 0 Å². The lowest BCUT2D eigenvalue weighted by Gasteiger charge is -2.12. The second-order valence-corrected chi connectivity index (χ2v) is 6.60. The highest BCUT2D eigenvalue weighted by molar-refractivity contribution is 5.99. The van der Waals surface area contributed by atoms with E-state index in [1.807, 2.05) is 0 Å². The largest absolute Gasteiger partial charge is 0.493 e. The lowest BCUT2D eigenvalue weighted by Crippen LogP contribution is -2.19. The summed E-state index contributed by atoms with van der Waals surface area (Å²) in [5, 5.41) is 5.94. The standard InChI is InChI=1S/C23H19FN4O4/c1-30-20-11-17-18(12-21(20)31-2)25-10-9-19(17)32-16-7-8-22(26-13-16)28-23(29)27-15-5-3-14(24)4-6-15/h3-13H,1-2H3,(H2,26,27,28,29). The minimum absolute atomic E-state index is 0.322. The number of rotatable bonds is 6. The second-order valence-electron chi connectivity index (χ2n) is 6.60. The zero-order valence-corrected chi connectivity index (χ0v) is 17.3. The molecular formula is C23H19FN4O4. The molecule has 0 aliphatic rings. The Balaban J connectivity index is 1.47. The van der Waals surface area contributed by atoms with Crippen molar-refractivity contribution < 1.29 is 23.4 Å². The number of pyridine rings is 2. The van der Waals surface area contributed by atoms with E-state index in [0.29, 0.717) is 40.0 Å². The third kappa shape index (κ3) is 4.67. The minimum Gasteiger partial charge on any atom is -0.493 e. The highest BCUT2D eigenvalue weighted by atomic mass is 19.1. The van der Waals surface area contributed by atoms with Crippen LogP contribution in [0.4, 0.5) is 20.7 Å². The molecule has 0 fully saturated rings. The molecular weight excluding hydrogens is 415 g/mol. The van der Waals surface area contributed by atoms with Crippen molar-refractivity contribution in [2.75, 3.05) is 24.9 Å². The number of hydrogen-bond donors (Lipinski definition) is 2. The number of benzene rings is 2. The summed E-state index contributed by atoms with van der Waals surface area (Å²) in [6.07, 6.45) is 3.12. The number of aromatic nitrogens is 2. The summed E-state index contributed by atoms with van der Waals surface area (Å²) in [5.74, 6) is 2.10. The van der Waals surface area contributed by atoms with Crippen LogP contribution in [0.5, 0.6) is 23.0 Å². The summed E-state index contributed by atoms with van der Waals surface area (Å²) in [7, 11) is 3.12. The maximum atomic E-state index is 13.0. The van der Waals surface area contributed by atoms with Crippen LogP contribution >= 0.6 is 0 Å². The van der Waals surface area contributed by atoms with Gasteiger partial charge in [0.05, 0.1) is 25.9 Å². The van der Waals surface area contributed by atoms with Crippen LogP contribution < -0.4 is 24.8 Å². The third-order valence-electron chi connectivity index (χ3n) is 4.51. The Labute approximate surface area is 183 Å². The molecule has 0 aliphatic carbocycles. The van der Waals surface area contributed by atoms with Gasteiger partial charge in [-0.25, -0.2) is 14.2 Å². The fraction of sp³-hybridized carbons (Fsp3) is 0.0870. The Morgan fingerprint density at radius 2 is 1.62 bits per heavy atom. The number of hydrogen-bond acceptors (Lipinski definition) is 6. The van der Waals surface area contributed by atoms with E-state index in [0.717, 1.165) is 5.39 Å². The van der Waals surface area contributed by atoms with Crippen LogP contribution in [0.25, 0.3) is 10.9 Å². The van der Waals surface area contributed by atoms with Crippen molar-refractivity contribution in [1.29, 1.82) is 0 Å². The molecule has 0 saturated heterocycles. The summed E-state index contributed by atoms with van der Waals surface area (Å²) < 4.78 is 29.6. The molecule has 2 heterocycles. The summed E-state index contributed by atoms with van der Waals surface area (Å²) in [6, 6.07) is 13.5. The summed E-state index contributed by atoms with van der Waals surface area (Å²) in [6.45, 7) is 0. The van der Waals surface area contributed by atoms with Crippen LogP contribution in [0.1, 0.15) is 0 Å². The van der Waals surface area contributed by atoms with E-state index in [1.54, 1.807) is 50.7 Å². The predicted molar refractivity (Wildman–Crippen MR) is 118 cm³/mol. The number of urea groups is 1. The smallest absolute Gasteiger partial charge is 0.324 e. The Hall–Kier alpha value is -4.40. The summed E-state index contributed by atoms with van der Waals surface area (Å²) in [5.41, 5.74) is 1.14. The lowest BCUT2D eigenvalue weighted by atomic mass is 10.2. The summed E-state index contributed by atoms with van der Waals surface area (Å²) in [4.78, 5) is 20.6. The van der Waals surface area contributed by atoms with Gasteiger partial charge in [-0.2, -0.15) is 0 Å². The van der Waals surface area contributed by atoms with E-state index in [4.69, 9.17) is 14.2 Å². The first-order valence-electron chi connectivity index (χ1n) is 9.54. The molecule has 0 atom stereocenters. The number of nitrogens with zero attached hydrogens (tertiary/aromatic N) is 2. The number of fused-ring (bicyclic) bond motifs is 1. The average Bonchev–Trinajstić information content (AvgIpc) is 2.81. The van der Waals surface area contributed by atoms with Crippen molar-refractivity contribution in [3.05, 3.63) is 72.8 Å². The van der Waals surface area contributed by atoms with Crippen LogP contribution in [-0.4, -0.2) is 30.2 Å². The number of anilines is 2. The highest BCUT2D eigenvalue weighted by Gasteiger charge is 2.12. The quantitative estimate of drug-likeness (QED) is 0.432. The average molecular weight is 434 g/mol. The lowest BCUT2D eigenvalue weighted by molar-refractivity contribution is 0.262. The van der Waals surface area contributed by atoms with E-state index in [1.165, 1.54) is 30.5 Å². The van der Waals surface area contributed by atoms with Gasteiger partial charge in [0.25, 0.3) is 0 Å². The first kappa shape index (κ1) is 20.9. The summed E-state index contributed by atoms with van der Waals surface area (Å²) >= 11 is 0. The number of ether oxygens (including phenoxy) is 3. The van der Waals surface area contributed by atoms with Crippen LogP contribution in [-0.2, 0) is 0 Å². The van der Waals surface area contributed by atoms with Gasteiger partial charge in [0, 0.05) is 23.3 Å². The molecule has 2 amide bonds. The van der Waals surface area contributed by atoms with Gasteiger partial charge >= 0.3 is 6.03 Å². The topological polar surface area (TPSA) is 94.6 Å². The maximum Gasteiger partial charge on any atom is 0.324 e. The number of carbonyl (C=O) groups is 1. The number of halogens is 1. The van der Waals surface area contributed by atoms with Crippen LogP contribution in [0.15, 0.2) is 67.0 Å². The van der Waals surface area contributed by atoms with Gasteiger partial charge in [-0.3, -0.25) is 10.3 Å². The molecule has 2 N–H and O–H groups in total. The van der Waals surface area contributed by atoms with Gasteiger partial charge in [-0.1, -0.05) is 0 Å². The Kier molecular flexibility index (Phi) is 5.98. The number of carbonyl (C=O) groups excluding carboxylic acids is 1. The van der Waals surface area contributed by atoms with E-state index >= 15 is 0 Å². The van der Waals surface area contributed by atoms with E-state index < -0.39 is 6.03 Å². The zero-order valence-electron chi connectivity index (χ0n) is 17.3. The van der Waals surface area contributed by atoms with Crippen molar-refractivity contribution in [1.82, 2.24) is 9.97 Å².